The number of benzene rings is 1. The van der Waals surface area contributed by atoms with Crippen molar-refractivity contribution in [3.05, 3.63) is 24.3 Å². The molecule has 0 bridgehead atoms. The fourth-order valence-electron chi connectivity index (χ4n) is 0.718. The van der Waals surface area contributed by atoms with Gasteiger partial charge in [-0.25, -0.2) is 16.0 Å². The maximum absolute atomic E-state index is 5.27. The maximum Gasteiger partial charge on any atom is 0.0791 e. The van der Waals surface area contributed by atoms with Crippen molar-refractivity contribution < 1.29 is 10.5 Å². The van der Waals surface area contributed by atoms with Crippen LogP contribution in [-0.4, -0.2) is 16.0 Å². The Bertz CT molecular complexity index is 174. The van der Waals surface area contributed by atoms with E-state index in [9.17, 15) is 0 Å². The predicted octanol–water partition coefficient (Wildman–Crippen LogP) is -1.76. The molecular formula is C6H8B2N2. The van der Waals surface area contributed by atoms with Crippen molar-refractivity contribution in [2.45, 2.75) is 0 Å². The van der Waals surface area contributed by atoms with Crippen LogP contribution in [0.1, 0.15) is 0 Å². The van der Waals surface area contributed by atoms with Gasteiger partial charge in [0.15, 0.2) is 0 Å². The summed E-state index contributed by atoms with van der Waals surface area (Å²) >= 11 is 0. The van der Waals surface area contributed by atoms with E-state index >= 15 is 0 Å². The number of nitrogens with two attached hydrogens (primary N) is 2. The lowest BCUT2D eigenvalue weighted by molar-refractivity contribution is -0.411. The summed E-state index contributed by atoms with van der Waals surface area (Å²) in [5, 5.41) is 3.11. The molecule has 10 heavy (non-hydrogen) atoms. The molecule has 0 saturated carbocycles. The summed E-state index contributed by atoms with van der Waals surface area (Å²) in [6.07, 6.45) is 0. The van der Waals surface area contributed by atoms with Gasteiger partial charge in [0.1, 0.15) is 0 Å². The summed E-state index contributed by atoms with van der Waals surface area (Å²) in [4.78, 5) is 0. The molecule has 1 rings (SSSR count). The van der Waals surface area contributed by atoms with E-state index in [1.807, 2.05) is 24.3 Å². The average molecular weight is 130 g/mol. The zero-order valence-corrected chi connectivity index (χ0v) is 5.62. The van der Waals surface area contributed by atoms with E-state index in [1.54, 1.807) is 10.5 Å². The van der Waals surface area contributed by atoms with E-state index in [2.05, 4.69) is 0 Å². The van der Waals surface area contributed by atoms with Crippen LogP contribution in [0.5, 0.6) is 0 Å². The molecule has 0 aromatic heterocycles. The minimum absolute atomic E-state index is 1.01. The SMILES string of the molecule is [B-][NH2+]c1ccc([NH2+][B-])cc1. The van der Waals surface area contributed by atoms with Crippen LogP contribution in [0.4, 0.5) is 11.4 Å². The van der Waals surface area contributed by atoms with Gasteiger partial charge >= 0.3 is 0 Å². The molecule has 1 aromatic rings. The van der Waals surface area contributed by atoms with Crippen molar-refractivity contribution in [3.8, 4) is 0 Å². The molecule has 0 aliphatic heterocycles. The van der Waals surface area contributed by atoms with E-state index in [0.717, 1.165) is 11.4 Å². The second kappa shape index (κ2) is 3.44. The molecule has 0 amide bonds. The Kier molecular flexibility index (Phi) is 2.54. The molecule has 0 fully saturated rings. The Hall–Kier alpha value is -0.730. The molecule has 0 saturated heterocycles. The molecule has 2 nitrogen and oxygen atoms in total. The summed E-state index contributed by atoms with van der Waals surface area (Å²) in [6.45, 7) is 0. The zero-order valence-electron chi connectivity index (χ0n) is 5.62. The molecule has 1 aromatic carbocycles. The Morgan fingerprint density at radius 3 is 1.30 bits per heavy atom. The molecule has 0 unspecified atom stereocenters. The second-order valence-electron chi connectivity index (χ2n) is 2.00. The minimum Gasteiger partial charge on any atom is -0.575 e. The molecule has 0 heterocycles. The lowest BCUT2D eigenvalue weighted by atomic mass is 10.2. The van der Waals surface area contributed by atoms with Gasteiger partial charge in [-0.15, -0.1) is 0 Å². The highest BCUT2D eigenvalue weighted by Crippen LogP contribution is 2.02. The topological polar surface area (TPSA) is 33.2 Å². The predicted molar refractivity (Wildman–Crippen MR) is 41.1 cm³/mol. The summed E-state index contributed by atoms with van der Waals surface area (Å²) in [5.74, 6) is 0. The van der Waals surface area contributed by atoms with Crippen LogP contribution in [0.2, 0.25) is 0 Å². The molecule has 4 heteroatoms. The summed E-state index contributed by atoms with van der Waals surface area (Å²) < 4.78 is 0. The molecule has 0 aliphatic carbocycles. The Labute approximate surface area is 62.9 Å². The van der Waals surface area contributed by atoms with Crippen LogP contribution in [-0.2, 0) is 0 Å². The fraction of sp³-hybridized carbons (Fsp3) is 0. The van der Waals surface area contributed by atoms with Gasteiger partial charge in [0.2, 0.25) is 0 Å². The highest BCUT2D eigenvalue weighted by molar-refractivity contribution is 5.95. The maximum atomic E-state index is 5.27. The van der Waals surface area contributed by atoms with Gasteiger partial charge in [-0.2, -0.15) is 0 Å². The molecular weight excluding hydrogens is 122 g/mol. The number of hydrogen-bond donors (Lipinski definition) is 2. The third-order valence-corrected chi connectivity index (χ3v) is 1.32. The Morgan fingerprint density at radius 2 is 1.10 bits per heavy atom. The van der Waals surface area contributed by atoms with Crippen LogP contribution in [0.15, 0.2) is 24.3 Å². The highest BCUT2D eigenvalue weighted by Gasteiger charge is 1.87. The van der Waals surface area contributed by atoms with Crippen molar-refractivity contribution in [3.63, 3.8) is 0 Å². The molecule has 4 N–H and O–H groups in total. The average Bonchev–Trinajstić information content (AvgIpc) is 2.05. The van der Waals surface area contributed by atoms with E-state index < -0.39 is 0 Å². The van der Waals surface area contributed by atoms with Crippen molar-refractivity contribution in [2.75, 3.05) is 0 Å². The van der Waals surface area contributed by atoms with Crippen molar-refractivity contribution in [1.29, 1.82) is 0 Å². The zero-order chi connectivity index (χ0) is 7.40. The van der Waals surface area contributed by atoms with Gasteiger partial charge in [-0.05, 0) is 0 Å². The van der Waals surface area contributed by atoms with Crippen LogP contribution < -0.4 is 10.5 Å². The van der Waals surface area contributed by atoms with Gasteiger partial charge in [-0.1, -0.05) is 0 Å². The van der Waals surface area contributed by atoms with Gasteiger partial charge in [0.05, 0.1) is 11.4 Å². The van der Waals surface area contributed by atoms with Crippen LogP contribution in [0, 0.1) is 0 Å². The smallest absolute Gasteiger partial charge is 0.0791 e. The highest BCUT2D eigenvalue weighted by atomic mass is 14.8. The first-order chi connectivity index (χ1) is 4.86. The van der Waals surface area contributed by atoms with E-state index in [1.165, 1.54) is 0 Å². The number of quaternary nitrogens is 2. The molecule has 48 valence electrons. The quantitative estimate of drug-likeness (QED) is 0.351. The fourth-order valence-corrected chi connectivity index (χ4v) is 0.718. The van der Waals surface area contributed by atoms with Crippen LogP contribution in [0.25, 0.3) is 0 Å². The second-order valence-corrected chi connectivity index (χ2v) is 2.00. The summed E-state index contributed by atoms with van der Waals surface area (Å²) in [6, 6.07) is 7.66. The van der Waals surface area contributed by atoms with Crippen molar-refractivity contribution >= 4 is 27.3 Å². The largest absolute Gasteiger partial charge is 0.575 e. The summed E-state index contributed by atoms with van der Waals surface area (Å²) in [7, 11) is 10.5. The monoisotopic (exact) mass is 130 g/mol. The Balaban J connectivity index is 2.80. The van der Waals surface area contributed by atoms with Gasteiger partial charge in [-0.3, -0.25) is 0 Å². The molecule has 6 radical (unpaired) electrons. The van der Waals surface area contributed by atoms with E-state index in [4.69, 9.17) is 16.0 Å². The van der Waals surface area contributed by atoms with Gasteiger partial charge in [0.25, 0.3) is 0 Å². The molecule has 0 spiro atoms. The Morgan fingerprint density at radius 1 is 0.800 bits per heavy atom. The first-order valence-electron chi connectivity index (χ1n) is 3.07. The summed E-state index contributed by atoms with van der Waals surface area (Å²) in [5.41, 5.74) is 2.01. The third-order valence-electron chi connectivity index (χ3n) is 1.32. The van der Waals surface area contributed by atoms with Crippen molar-refractivity contribution in [1.82, 2.24) is 0 Å². The molecule has 0 aliphatic rings. The van der Waals surface area contributed by atoms with E-state index in [0.29, 0.717) is 0 Å². The third kappa shape index (κ3) is 1.62. The van der Waals surface area contributed by atoms with Crippen LogP contribution >= 0.6 is 0 Å². The first kappa shape index (κ1) is 7.38. The lowest BCUT2D eigenvalue weighted by Crippen LogP contribution is -2.76. The lowest BCUT2D eigenvalue weighted by Gasteiger charge is -2.06. The van der Waals surface area contributed by atoms with Crippen LogP contribution in [0.3, 0.4) is 0 Å². The standard InChI is InChI=1S/C6H8B2N2/c7-9-5-1-2-6(10-8)4-3-5/h1-4H,9-10H2. The number of hydrogen-bond acceptors (Lipinski definition) is 0. The molecule has 0 atom stereocenters. The minimum atomic E-state index is 1.01. The van der Waals surface area contributed by atoms with E-state index in [-0.39, 0.29) is 0 Å². The van der Waals surface area contributed by atoms with Gasteiger partial charge < -0.3 is 10.5 Å². The normalized spacial score (nSPS) is 9.80. The van der Waals surface area contributed by atoms with Crippen molar-refractivity contribution in [2.24, 2.45) is 0 Å². The number of rotatable bonds is 2. The first-order valence-corrected chi connectivity index (χ1v) is 3.07. The van der Waals surface area contributed by atoms with Gasteiger partial charge in [0, 0.05) is 24.3 Å².